The second-order valence-corrected chi connectivity index (χ2v) is 2.38. The molecule has 2 aromatic heterocycles. The summed E-state index contributed by atoms with van der Waals surface area (Å²) in [5.74, 6) is -0.413. The van der Waals surface area contributed by atoms with Crippen molar-refractivity contribution in [1.29, 1.82) is 0 Å². The molecule has 0 aliphatic heterocycles. The lowest BCUT2D eigenvalue weighted by atomic mass is 10.4. The van der Waals surface area contributed by atoms with Crippen molar-refractivity contribution >= 4 is 5.95 Å². The zero-order chi connectivity index (χ0) is 9.26. The Hall–Kier alpha value is -1.98. The van der Waals surface area contributed by atoms with Gasteiger partial charge in [0.2, 0.25) is 11.9 Å². The summed E-state index contributed by atoms with van der Waals surface area (Å²) in [5.41, 5.74) is 5.84. The molecule has 0 saturated heterocycles. The Bertz CT molecular complexity index is 424. The summed E-state index contributed by atoms with van der Waals surface area (Å²) in [6.07, 6.45) is 2.76. The first kappa shape index (κ1) is 7.66. The van der Waals surface area contributed by atoms with E-state index in [2.05, 4.69) is 15.1 Å². The third-order valence-corrected chi connectivity index (χ3v) is 1.48. The van der Waals surface area contributed by atoms with Gasteiger partial charge in [-0.2, -0.15) is 4.39 Å². The van der Waals surface area contributed by atoms with Crippen LogP contribution in [0.2, 0.25) is 0 Å². The van der Waals surface area contributed by atoms with Crippen LogP contribution in [0, 0.1) is 5.95 Å². The minimum absolute atomic E-state index is 0.150. The van der Waals surface area contributed by atoms with Gasteiger partial charge in [0.1, 0.15) is 6.33 Å². The highest BCUT2D eigenvalue weighted by Gasteiger charge is 2.00. The Morgan fingerprint density at radius 3 is 2.85 bits per heavy atom. The molecule has 66 valence electrons. The summed E-state index contributed by atoms with van der Waals surface area (Å²) in [5, 5.41) is 3.81. The number of rotatable bonds is 1. The fraction of sp³-hybridized carbons (Fsp3) is 0. The fourth-order valence-corrected chi connectivity index (χ4v) is 0.935. The van der Waals surface area contributed by atoms with Crippen molar-refractivity contribution in [2.75, 3.05) is 5.73 Å². The molecule has 5 nitrogen and oxygen atoms in total. The van der Waals surface area contributed by atoms with Crippen LogP contribution in [-0.4, -0.2) is 19.7 Å². The SMILES string of the molecule is Nc1ncn(-c2ccnc(F)c2)n1. The molecule has 2 heterocycles. The van der Waals surface area contributed by atoms with E-state index in [1.807, 2.05) is 0 Å². The first-order valence-corrected chi connectivity index (χ1v) is 3.55. The topological polar surface area (TPSA) is 69.6 Å². The van der Waals surface area contributed by atoms with E-state index in [-0.39, 0.29) is 5.95 Å². The van der Waals surface area contributed by atoms with Gasteiger partial charge in [-0.05, 0) is 6.07 Å². The van der Waals surface area contributed by atoms with Gasteiger partial charge in [0.15, 0.2) is 0 Å². The van der Waals surface area contributed by atoms with Gasteiger partial charge >= 0.3 is 0 Å². The molecule has 2 rings (SSSR count). The van der Waals surface area contributed by atoms with E-state index in [4.69, 9.17) is 5.73 Å². The number of pyridine rings is 1. The molecule has 0 fully saturated rings. The van der Waals surface area contributed by atoms with Crippen LogP contribution in [0.4, 0.5) is 10.3 Å². The molecule has 0 radical (unpaired) electrons. The molecule has 0 spiro atoms. The number of anilines is 1. The number of halogens is 1. The molecule has 0 bridgehead atoms. The highest BCUT2D eigenvalue weighted by Crippen LogP contribution is 2.05. The summed E-state index contributed by atoms with van der Waals surface area (Å²) in [4.78, 5) is 7.12. The van der Waals surface area contributed by atoms with Crippen LogP contribution in [0.5, 0.6) is 0 Å². The monoisotopic (exact) mass is 179 g/mol. The summed E-state index contributed by atoms with van der Waals surface area (Å²) in [7, 11) is 0. The zero-order valence-corrected chi connectivity index (χ0v) is 6.55. The Labute approximate surface area is 73.0 Å². The number of aromatic nitrogens is 4. The first-order chi connectivity index (χ1) is 6.25. The van der Waals surface area contributed by atoms with Gasteiger partial charge in [0.25, 0.3) is 0 Å². The second-order valence-electron chi connectivity index (χ2n) is 2.38. The van der Waals surface area contributed by atoms with Crippen LogP contribution in [-0.2, 0) is 0 Å². The van der Waals surface area contributed by atoms with Crippen molar-refractivity contribution in [3.8, 4) is 5.69 Å². The normalized spacial score (nSPS) is 10.2. The van der Waals surface area contributed by atoms with Gasteiger partial charge < -0.3 is 5.73 Å². The highest BCUT2D eigenvalue weighted by molar-refractivity contribution is 5.28. The van der Waals surface area contributed by atoms with E-state index in [9.17, 15) is 4.39 Å². The number of nitrogens with two attached hydrogens (primary N) is 1. The molecule has 2 N–H and O–H groups in total. The predicted octanol–water partition coefficient (Wildman–Crippen LogP) is 0.384. The second kappa shape index (κ2) is 2.81. The van der Waals surface area contributed by atoms with Crippen molar-refractivity contribution in [3.63, 3.8) is 0 Å². The lowest BCUT2D eigenvalue weighted by molar-refractivity contribution is 0.581. The maximum absolute atomic E-state index is 12.7. The Morgan fingerprint density at radius 1 is 1.38 bits per heavy atom. The molecule has 0 aromatic carbocycles. The maximum atomic E-state index is 12.7. The number of nitrogens with zero attached hydrogens (tertiary/aromatic N) is 4. The van der Waals surface area contributed by atoms with Crippen molar-refractivity contribution in [3.05, 3.63) is 30.6 Å². The molecule has 0 aliphatic carbocycles. The minimum atomic E-state index is -0.563. The van der Waals surface area contributed by atoms with Gasteiger partial charge in [-0.1, -0.05) is 0 Å². The van der Waals surface area contributed by atoms with E-state index in [0.29, 0.717) is 5.69 Å². The van der Waals surface area contributed by atoms with Gasteiger partial charge in [-0.3, -0.25) is 0 Å². The Balaban J connectivity index is 2.46. The molecular weight excluding hydrogens is 173 g/mol. The zero-order valence-electron chi connectivity index (χ0n) is 6.55. The first-order valence-electron chi connectivity index (χ1n) is 3.55. The highest BCUT2D eigenvalue weighted by atomic mass is 19.1. The third-order valence-electron chi connectivity index (χ3n) is 1.48. The van der Waals surface area contributed by atoms with E-state index in [1.165, 1.54) is 23.3 Å². The molecule has 13 heavy (non-hydrogen) atoms. The summed E-state index contributed by atoms with van der Waals surface area (Å²) in [6, 6.07) is 2.85. The lowest BCUT2D eigenvalue weighted by Gasteiger charge is -1.97. The van der Waals surface area contributed by atoms with Crippen LogP contribution in [0.1, 0.15) is 0 Å². The minimum Gasteiger partial charge on any atom is -0.366 e. The van der Waals surface area contributed by atoms with E-state index in [0.717, 1.165) is 0 Å². The third kappa shape index (κ3) is 1.46. The molecule has 0 aliphatic rings. The molecule has 0 saturated carbocycles. The molecule has 0 atom stereocenters. The summed E-state index contributed by atoms with van der Waals surface area (Å²) < 4.78 is 14.0. The van der Waals surface area contributed by atoms with Crippen molar-refractivity contribution in [1.82, 2.24) is 19.7 Å². The lowest BCUT2D eigenvalue weighted by Crippen LogP contribution is -1.97. The quantitative estimate of drug-likeness (QED) is 0.642. The van der Waals surface area contributed by atoms with Gasteiger partial charge in [0, 0.05) is 12.3 Å². The summed E-state index contributed by atoms with van der Waals surface area (Å²) >= 11 is 0. The van der Waals surface area contributed by atoms with Gasteiger partial charge in [0.05, 0.1) is 5.69 Å². The summed E-state index contributed by atoms with van der Waals surface area (Å²) in [6.45, 7) is 0. The Kier molecular flexibility index (Phi) is 1.66. The number of nitrogen functional groups attached to an aromatic ring is 1. The van der Waals surface area contributed by atoms with Gasteiger partial charge in [-0.15, -0.1) is 5.10 Å². The standard InChI is InChI=1S/C7H6FN5/c8-6-3-5(1-2-10-6)13-4-11-7(9)12-13/h1-4H,(H2,9,12). The van der Waals surface area contributed by atoms with Crippen molar-refractivity contribution < 1.29 is 4.39 Å². The van der Waals surface area contributed by atoms with Crippen LogP contribution in [0.25, 0.3) is 5.69 Å². The van der Waals surface area contributed by atoms with Crippen LogP contribution in [0.3, 0.4) is 0 Å². The predicted molar refractivity (Wildman–Crippen MR) is 43.5 cm³/mol. The molecular formula is C7H6FN5. The van der Waals surface area contributed by atoms with E-state index in [1.54, 1.807) is 6.07 Å². The number of hydrogen-bond acceptors (Lipinski definition) is 4. The molecule has 6 heteroatoms. The largest absolute Gasteiger partial charge is 0.366 e. The smallest absolute Gasteiger partial charge is 0.239 e. The molecule has 2 aromatic rings. The van der Waals surface area contributed by atoms with Crippen LogP contribution < -0.4 is 5.73 Å². The van der Waals surface area contributed by atoms with E-state index < -0.39 is 5.95 Å². The average Bonchev–Trinajstić information content (AvgIpc) is 2.52. The van der Waals surface area contributed by atoms with Crippen LogP contribution in [0.15, 0.2) is 24.7 Å². The van der Waals surface area contributed by atoms with Crippen molar-refractivity contribution in [2.45, 2.75) is 0 Å². The van der Waals surface area contributed by atoms with Gasteiger partial charge in [-0.25, -0.2) is 14.6 Å². The van der Waals surface area contributed by atoms with E-state index >= 15 is 0 Å². The molecule has 0 unspecified atom stereocenters. The Morgan fingerprint density at radius 2 is 2.23 bits per heavy atom. The number of hydrogen-bond donors (Lipinski definition) is 1. The average molecular weight is 179 g/mol. The fourth-order valence-electron chi connectivity index (χ4n) is 0.935. The van der Waals surface area contributed by atoms with Crippen molar-refractivity contribution in [2.24, 2.45) is 0 Å². The van der Waals surface area contributed by atoms with Crippen LogP contribution >= 0.6 is 0 Å². The molecule has 0 amide bonds. The maximum Gasteiger partial charge on any atom is 0.239 e.